The van der Waals surface area contributed by atoms with Crippen molar-refractivity contribution >= 4 is 29.0 Å². The lowest BCUT2D eigenvalue weighted by Crippen LogP contribution is -2.39. The van der Waals surface area contributed by atoms with Crippen LogP contribution >= 0.6 is 11.3 Å². The minimum absolute atomic E-state index is 0.00204. The Balaban J connectivity index is 1.63. The maximum atomic E-state index is 12.9. The smallest absolute Gasteiger partial charge is 0.322 e. The average molecular weight is 429 g/mol. The number of aromatic nitrogens is 1. The number of hydrogen-bond donors (Lipinski definition) is 2. The van der Waals surface area contributed by atoms with Gasteiger partial charge in [0.25, 0.3) is 5.91 Å². The van der Waals surface area contributed by atoms with E-state index in [0.29, 0.717) is 12.2 Å². The predicted octanol–water partition coefficient (Wildman–Crippen LogP) is 5.21. The Morgan fingerprint density at radius 1 is 1.20 bits per heavy atom. The Hall–Kier alpha value is -2.41. The van der Waals surface area contributed by atoms with Crippen LogP contribution in [0.2, 0.25) is 0 Å². The highest BCUT2D eigenvalue weighted by Crippen LogP contribution is 2.20. The molecular weight excluding hydrogens is 396 g/mol. The lowest BCUT2D eigenvalue weighted by atomic mass is 9.95. The Labute approximate surface area is 183 Å². The van der Waals surface area contributed by atoms with Gasteiger partial charge in [-0.2, -0.15) is 0 Å². The van der Waals surface area contributed by atoms with Gasteiger partial charge in [0.1, 0.15) is 10.7 Å². The molecule has 0 unspecified atom stereocenters. The molecule has 0 aliphatic heterocycles. The number of nitrogens with zero attached hydrogens (tertiary/aromatic N) is 2. The third kappa shape index (κ3) is 5.81. The van der Waals surface area contributed by atoms with Crippen molar-refractivity contribution < 1.29 is 9.59 Å². The Morgan fingerprint density at radius 2 is 1.93 bits per heavy atom. The minimum Gasteiger partial charge on any atom is -0.348 e. The van der Waals surface area contributed by atoms with E-state index >= 15 is 0 Å². The third-order valence-corrected chi connectivity index (χ3v) is 6.39. The maximum absolute atomic E-state index is 12.9. The molecule has 0 atom stereocenters. The number of anilines is 1. The summed E-state index contributed by atoms with van der Waals surface area (Å²) in [6.45, 7) is 6.41. The molecule has 3 amide bonds. The van der Waals surface area contributed by atoms with E-state index in [2.05, 4.69) is 22.5 Å². The SMILES string of the molecule is CCc1ccccc1NC(=O)N(Cc1nc(C(=O)NC2CCCCC2)cs1)C(C)C. The van der Waals surface area contributed by atoms with E-state index in [-0.39, 0.29) is 24.0 Å². The van der Waals surface area contributed by atoms with Crippen LogP contribution in [0, 0.1) is 0 Å². The molecule has 2 aromatic rings. The van der Waals surface area contributed by atoms with E-state index in [1.54, 1.807) is 10.3 Å². The topological polar surface area (TPSA) is 74.3 Å². The molecule has 1 aliphatic rings. The van der Waals surface area contributed by atoms with Crippen LogP contribution in [-0.4, -0.2) is 33.9 Å². The number of hydrogen-bond acceptors (Lipinski definition) is 4. The normalized spacial score (nSPS) is 14.5. The first kappa shape index (κ1) is 22.3. The zero-order valence-electron chi connectivity index (χ0n) is 18.1. The number of aryl methyl sites for hydroxylation is 1. The Bertz CT molecular complexity index is 858. The van der Waals surface area contributed by atoms with Crippen molar-refractivity contribution in [1.82, 2.24) is 15.2 Å². The zero-order valence-corrected chi connectivity index (χ0v) is 18.9. The molecule has 0 saturated heterocycles. The second-order valence-electron chi connectivity index (χ2n) is 8.10. The summed E-state index contributed by atoms with van der Waals surface area (Å²) >= 11 is 1.42. The monoisotopic (exact) mass is 428 g/mol. The molecular formula is C23H32N4O2S. The molecule has 162 valence electrons. The molecule has 0 bridgehead atoms. The zero-order chi connectivity index (χ0) is 21.5. The Morgan fingerprint density at radius 3 is 2.63 bits per heavy atom. The summed E-state index contributed by atoms with van der Waals surface area (Å²) in [7, 11) is 0. The van der Waals surface area contributed by atoms with Gasteiger partial charge in [0, 0.05) is 23.2 Å². The van der Waals surface area contributed by atoms with Gasteiger partial charge in [-0.15, -0.1) is 11.3 Å². The molecule has 6 nitrogen and oxygen atoms in total. The van der Waals surface area contributed by atoms with Gasteiger partial charge in [-0.3, -0.25) is 4.79 Å². The standard InChI is InChI=1S/C23H32N4O2S/c1-4-17-10-8-9-13-19(17)26-23(29)27(16(2)3)14-21-25-20(15-30-21)22(28)24-18-11-6-5-7-12-18/h8-10,13,15-16,18H,4-7,11-12,14H2,1-3H3,(H,24,28)(H,26,29). The van der Waals surface area contributed by atoms with Crippen molar-refractivity contribution in [3.63, 3.8) is 0 Å². The molecule has 1 aromatic carbocycles. The number of para-hydroxylation sites is 1. The summed E-state index contributed by atoms with van der Waals surface area (Å²) in [5, 5.41) is 8.68. The molecule has 7 heteroatoms. The number of rotatable bonds is 7. The number of benzene rings is 1. The van der Waals surface area contributed by atoms with Crippen molar-refractivity contribution in [2.45, 2.75) is 77.9 Å². The van der Waals surface area contributed by atoms with Crippen LogP contribution in [0.15, 0.2) is 29.6 Å². The van der Waals surface area contributed by atoms with Crippen LogP contribution in [0.25, 0.3) is 0 Å². The fourth-order valence-corrected chi connectivity index (χ4v) is 4.54. The highest BCUT2D eigenvalue weighted by molar-refractivity contribution is 7.09. The molecule has 1 saturated carbocycles. The highest BCUT2D eigenvalue weighted by atomic mass is 32.1. The first-order chi connectivity index (χ1) is 14.5. The summed E-state index contributed by atoms with van der Waals surface area (Å²) in [6, 6.07) is 7.95. The van der Waals surface area contributed by atoms with Gasteiger partial charge in [-0.05, 0) is 44.7 Å². The first-order valence-corrected chi connectivity index (χ1v) is 11.8. The van der Waals surface area contributed by atoms with E-state index < -0.39 is 0 Å². The number of nitrogens with one attached hydrogen (secondary N) is 2. The summed E-state index contributed by atoms with van der Waals surface area (Å²) in [6.07, 6.45) is 6.54. The van der Waals surface area contributed by atoms with Crippen molar-refractivity contribution in [3.05, 3.63) is 45.9 Å². The number of amides is 3. The number of thiazole rings is 1. The molecule has 1 aliphatic carbocycles. The molecule has 0 spiro atoms. The summed E-state index contributed by atoms with van der Waals surface area (Å²) in [5.41, 5.74) is 2.38. The van der Waals surface area contributed by atoms with Gasteiger partial charge in [0.2, 0.25) is 0 Å². The first-order valence-electron chi connectivity index (χ1n) is 10.9. The minimum atomic E-state index is -0.158. The van der Waals surface area contributed by atoms with Gasteiger partial charge in [-0.25, -0.2) is 9.78 Å². The van der Waals surface area contributed by atoms with Gasteiger partial charge in [0.15, 0.2) is 0 Å². The van der Waals surface area contributed by atoms with E-state index in [4.69, 9.17) is 0 Å². The summed E-state index contributed by atoms with van der Waals surface area (Å²) < 4.78 is 0. The van der Waals surface area contributed by atoms with Gasteiger partial charge in [-0.1, -0.05) is 44.4 Å². The van der Waals surface area contributed by atoms with E-state index in [1.807, 2.05) is 38.1 Å². The summed E-state index contributed by atoms with van der Waals surface area (Å²) in [5.74, 6) is -0.109. The quantitative estimate of drug-likeness (QED) is 0.636. The van der Waals surface area contributed by atoms with Crippen molar-refractivity contribution in [2.24, 2.45) is 0 Å². The molecule has 0 radical (unpaired) electrons. The van der Waals surface area contributed by atoms with Crippen LogP contribution in [-0.2, 0) is 13.0 Å². The van der Waals surface area contributed by atoms with Crippen LogP contribution in [0.5, 0.6) is 0 Å². The van der Waals surface area contributed by atoms with Gasteiger partial charge >= 0.3 is 6.03 Å². The van der Waals surface area contributed by atoms with E-state index in [9.17, 15) is 9.59 Å². The van der Waals surface area contributed by atoms with Crippen molar-refractivity contribution in [1.29, 1.82) is 0 Å². The highest BCUT2D eigenvalue weighted by Gasteiger charge is 2.22. The fraction of sp³-hybridized carbons (Fsp3) is 0.522. The molecule has 2 N–H and O–H groups in total. The van der Waals surface area contributed by atoms with Gasteiger partial charge in [0.05, 0.1) is 6.54 Å². The average Bonchev–Trinajstić information content (AvgIpc) is 3.22. The predicted molar refractivity (Wildman–Crippen MR) is 122 cm³/mol. The molecule has 1 heterocycles. The van der Waals surface area contributed by atoms with Crippen LogP contribution in [0.4, 0.5) is 10.5 Å². The molecule has 30 heavy (non-hydrogen) atoms. The lowest BCUT2D eigenvalue weighted by Gasteiger charge is -2.26. The van der Waals surface area contributed by atoms with Crippen molar-refractivity contribution in [3.8, 4) is 0 Å². The van der Waals surface area contributed by atoms with Crippen LogP contribution in [0.1, 0.15) is 73.9 Å². The second kappa shape index (κ2) is 10.6. The fourth-order valence-electron chi connectivity index (χ4n) is 3.77. The maximum Gasteiger partial charge on any atom is 0.322 e. The molecule has 1 aromatic heterocycles. The lowest BCUT2D eigenvalue weighted by molar-refractivity contribution is 0.0923. The number of urea groups is 1. The van der Waals surface area contributed by atoms with Crippen molar-refractivity contribution in [2.75, 3.05) is 5.32 Å². The van der Waals surface area contributed by atoms with Crippen LogP contribution in [0.3, 0.4) is 0 Å². The summed E-state index contributed by atoms with van der Waals surface area (Å²) in [4.78, 5) is 31.7. The number of carbonyl (C=O) groups is 2. The van der Waals surface area contributed by atoms with E-state index in [1.165, 1.54) is 30.6 Å². The van der Waals surface area contributed by atoms with Gasteiger partial charge < -0.3 is 15.5 Å². The van der Waals surface area contributed by atoms with E-state index in [0.717, 1.165) is 35.5 Å². The number of carbonyl (C=O) groups excluding carboxylic acids is 2. The largest absolute Gasteiger partial charge is 0.348 e. The molecule has 1 fully saturated rings. The second-order valence-corrected chi connectivity index (χ2v) is 9.04. The Kier molecular flexibility index (Phi) is 7.85. The van der Waals surface area contributed by atoms with Crippen LogP contribution < -0.4 is 10.6 Å². The molecule has 3 rings (SSSR count). The third-order valence-electron chi connectivity index (χ3n) is 5.55.